The number of benzene rings is 5. The maximum atomic E-state index is 12.3. The summed E-state index contributed by atoms with van der Waals surface area (Å²) in [4.78, 5) is 66.4. The highest BCUT2D eigenvalue weighted by molar-refractivity contribution is 6.30. The zero-order chi connectivity index (χ0) is 86.0. The van der Waals surface area contributed by atoms with Gasteiger partial charge in [-0.05, 0) is 212 Å². The van der Waals surface area contributed by atoms with Gasteiger partial charge in [0.2, 0.25) is 11.5 Å². The Morgan fingerprint density at radius 3 is 1.63 bits per heavy atom. The van der Waals surface area contributed by atoms with E-state index in [0.29, 0.717) is 79.6 Å². The van der Waals surface area contributed by atoms with Crippen molar-refractivity contribution in [3.8, 4) is 72.2 Å². The molecule has 0 fully saturated rings. The lowest BCUT2D eigenvalue weighted by Crippen LogP contribution is -2.56. The average molecular weight is 1580 g/mol. The van der Waals surface area contributed by atoms with E-state index in [9.17, 15) is 55.3 Å². The molecule has 23 heteroatoms. The number of nitriles is 2. The van der Waals surface area contributed by atoms with E-state index in [1.165, 1.54) is 75.4 Å². The minimum absolute atomic E-state index is 0.0805. The Labute approximate surface area is 683 Å². The van der Waals surface area contributed by atoms with Crippen LogP contribution in [0, 0.1) is 85.8 Å². The predicted octanol–water partition coefficient (Wildman–Crippen LogP) is 17.4. The zero-order valence-corrected chi connectivity index (χ0v) is 71.2. The van der Waals surface area contributed by atoms with Crippen LogP contribution in [0.3, 0.4) is 0 Å². The molecule has 5 aromatic carbocycles. The number of terminal acetylenes is 3. The Balaban J connectivity index is 0.000000470. The number of pyridine rings is 1. The Bertz CT molecular complexity index is 4310. The molecule has 6 aromatic rings. The Hall–Kier alpha value is -11.0. The van der Waals surface area contributed by atoms with Crippen LogP contribution in [-0.4, -0.2) is 169 Å². The number of amides is 3. The van der Waals surface area contributed by atoms with Gasteiger partial charge in [0.15, 0.2) is 11.5 Å². The molecule has 114 heavy (non-hydrogen) atoms. The van der Waals surface area contributed by atoms with E-state index < -0.39 is 44.5 Å². The van der Waals surface area contributed by atoms with Crippen LogP contribution < -0.4 is 14.8 Å². The number of rotatable bonds is 31. The summed E-state index contributed by atoms with van der Waals surface area (Å²) in [7, 11) is 4.48. The number of likely N-dealkylation sites (N-methyl/N-ethyl adjacent to an activating group) is 3. The molecule has 1 heterocycles. The third-order valence-electron chi connectivity index (χ3n) is 19.4. The van der Waals surface area contributed by atoms with Gasteiger partial charge in [0.1, 0.15) is 48.6 Å². The fourth-order valence-electron chi connectivity index (χ4n) is 12.1. The van der Waals surface area contributed by atoms with Crippen LogP contribution in [0.4, 0.5) is 11.4 Å². The summed E-state index contributed by atoms with van der Waals surface area (Å²) in [5, 5.41) is 64.3. The molecule has 7 rings (SSSR count). The number of aromatic hydroxyl groups is 2. The maximum Gasteiger partial charge on any atom is 0.315 e. The molecule has 1 aliphatic carbocycles. The lowest BCUT2D eigenvalue weighted by atomic mass is 10.0. The second-order valence-electron chi connectivity index (χ2n) is 29.7. The van der Waals surface area contributed by atoms with Crippen molar-refractivity contribution in [3.63, 3.8) is 0 Å². The second kappa shape index (κ2) is 50.9. The number of aromatic nitrogens is 1. The fraction of sp³-hybridized carbons (Fsp3) is 0.451. The van der Waals surface area contributed by atoms with Crippen LogP contribution in [0.15, 0.2) is 139 Å². The van der Waals surface area contributed by atoms with Crippen LogP contribution in [0.25, 0.3) is 12.2 Å². The molecule has 612 valence electrons. The van der Waals surface area contributed by atoms with Crippen molar-refractivity contribution in [1.29, 1.82) is 10.5 Å². The molecule has 0 saturated carbocycles. The molecule has 22 nitrogen and oxygen atoms in total. The molecule has 0 bridgehead atoms. The first-order valence-electron chi connectivity index (χ1n) is 38.9. The summed E-state index contributed by atoms with van der Waals surface area (Å²) >= 11 is 5.68. The molecule has 0 spiro atoms. The van der Waals surface area contributed by atoms with E-state index >= 15 is 0 Å². The lowest BCUT2D eigenvalue weighted by Gasteiger charge is -2.42. The number of halogens is 1. The molecule has 1 aromatic heterocycles. The van der Waals surface area contributed by atoms with Crippen molar-refractivity contribution in [2.75, 3.05) is 66.5 Å². The second-order valence-corrected chi connectivity index (χ2v) is 30.2. The average Bonchev–Trinajstić information content (AvgIpc) is 1.73. The number of phenolic OH excluding ortho intramolecular Hbond substituents is 2. The van der Waals surface area contributed by atoms with Gasteiger partial charge in [-0.2, -0.15) is 10.5 Å². The van der Waals surface area contributed by atoms with E-state index in [1.54, 1.807) is 73.6 Å². The molecule has 0 radical (unpaired) electrons. The lowest BCUT2D eigenvalue weighted by molar-refractivity contribution is -0.944. The number of nitro benzene ring substituents is 2. The summed E-state index contributed by atoms with van der Waals surface area (Å²) in [6.07, 6.45) is 25.3. The molecular formula is C91H122ClN11O11+2. The standard InChI is InChI=1S/2C17H21N3O5.C16H24N.C15H19N.C14H20N.C12H17ClN2O/c1-5-19(6-2)17(22)13(10-18)7-12-8-14(20(23)24)16(21)15(9-12)25-11(3)4;1-5-19(6-2)17(22)13(10-18)7-12-8-14(20(23)24)16(15(21)9-12)25-11(3)4;1-6-12-17(5,14(2)3)15(4)13-16-10-8-7-9-11-16;1-4-11-16(12(2)3)15-10-9-13-7-5-6-8-14(13)15;1-5-11-15(4,13(2)3)12-14-9-7-6-8-10-14;1-9(2)4-3-7-14-12(16)11-6-5-10(13)8-15-11/h2*7-9,11,21H,5-6H2,1-4H3;1,7-11,14-15H,12-13H2,2-5H3;1,5-8,12,15H,9-11H2,2-3H3;1,6-10,13H,11-12H2,2-4H3;5-6,8-9H,3-4,7H2,1-2H3,(H,14,16)/q;;+1;;+1;/b2*13-7+;;;;/t;;15-,17?;15-;;/m..11../s1. The smallest absolute Gasteiger partial charge is 0.315 e. The number of hydrogen-bond donors (Lipinski definition) is 3. The quantitative estimate of drug-likeness (QED) is 0.00694. The first-order valence-corrected chi connectivity index (χ1v) is 39.3. The van der Waals surface area contributed by atoms with E-state index in [1.807, 2.05) is 12.1 Å². The Morgan fingerprint density at radius 2 is 1.18 bits per heavy atom. The van der Waals surface area contributed by atoms with Crippen LogP contribution >= 0.6 is 11.6 Å². The maximum absolute atomic E-state index is 12.3. The molecule has 3 amide bonds. The van der Waals surface area contributed by atoms with Gasteiger partial charge in [-0.25, -0.2) is 4.98 Å². The van der Waals surface area contributed by atoms with E-state index in [0.717, 1.165) is 66.5 Å². The van der Waals surface area contributed by atoms with Crippen molar-refractivity contribution >= 4 is 52.8 Å². The highest BCUT2D eigenvalue weighted by Crippen LogP contribution is 2.41. The van der Waals surface area contributed by atoms with Gasteiger partial charge in [-0.15, -0.1) is 19.3 Å². The van der Waals surface area contributed by atoms with E-state index in [-0.39, 0.29) is 51.9 Å². The number of nitrogens with zero attached hydrogens (tertiary/aromatic N) is 10. The van der Waals surface area contributed by atoms with Crippen LogP contribution in [0.2, 0.25) is 5.02 Å². The summed E-state index contributed by atoms with van der Waals surface area (Å²) in [6, 6.07) is 44.3. The normalized spacial score (nSPS) is 13.3. The van der Waals surface area contributed by atoms with Gasteiger partial charge >= 0.3 is 11.4 Å². The third kappa shape index (κ3) is 32.6. The summed E-state index contributed by atoms with van der Waals surface area (Å²) in [5.74, 6) is 6.64. The number of carbonyl (C=O) groups excluding carboxylic acids is 3. The van der Waals surface area contributed by atoms with Gasteiger partial charge in [0.05, 0.1) is 65.8 Å². The number of quaternary nitrogens is 2. The predicted molar refractivity (Wildman–Crippen MR) is 458 cm³/mol. The van der Waals surface area contributed by atoms with Crippen LogP contribution in [-0.2, 0) is 29.0 Å². The SMILES string of the molecule is C#CCN(C(C)C)[C@@H]1CCc2ccccc21.C#CC[N+](C)(C(C)C)[C@H](C)Cc1ccccc1.C#CC[N+](C)(Cc1ccccc1)C(C)C.CC(C)CCCNC(=O)c1ccc(Cl)cn1.CCN(CC)C(=O)/C(C#N)=C/c1cc(O)c(OC(C)C)c([N+](=O)[O-])c1.CCN(CC)C(=O)/C(C#N)=C/c1cc(OC(C)C)c(O)c([N+](=O)[O-])c1. The molecule has 0 aliphatic heterocycles. The van der Waals surface area contributed by atoms with Crippen molar-refractivity contribution in [3.05, 3.63) is 203 Å². The number of carbonyl (C=O) groups is 3. The monoisotopic (exact) mass is 1580 g/mol. The first kappa shape index (κ1) is 99.0. The van der Waals surface area contributed by atoms with Crippen molar-refractivity contribution < 1.29 is 52.9 Å². The van der Waals surface area contributed by atoms with Gasteiger partial charge < -0.3 is 43.8 Å². The van der Waals surface area contributed by atoms with Gasteiger partial charge in [-0.1, -0.05) is 116 Å². The number of nitro groups is 2. The van der Waals surface area contributed by atoms with Crippen LogP contribution in [0.1, 0.15) is 187 Å². The van der Waals surface area contributed by atoms with Crippen molar-refractivity contribution in [1.82, 2.24) is 25.0 Å². The molecule has 0 saturated heterocycles. The van der Waals surface area contributed by atoms with E-state index in [4.69, 9.17) is 40.3 Å². The zero-order valence-electron chi connectivity index (χ0n) is 70.4. The van der Waals surface area contributed by atoms with Crippen molar-refractivity contribution in [2.24, 2.45) is 5.92 Å². The molecule has 3 N–H and O–H groups in total. The minimum Gasteiger partial charge on any atom is -0.504 e. The Morgan fingerprint density at radius 1 is 0.675 bits per heavy atom. The molecule has 1 aliphatic rings. The molecule has 4 atom stereocenters. The Kier molecular flexibility index (Phi) is 44.2. The highest BCUT2D eigenvalue weighted by Gasteiger charge is 2.33. The van der Waals surface area contributed by atoms with Crippen molar-refractivity contribution in [2.45, 2.75) is 199 Å². The fourth-order valence-corrected chi connectivity index (χ4v) is 12.3. The summed E-state index contributed by atoms with van der Waals surface area (Å²) in [5.41, 5.74) is 5.19. The number of phenols is 2. The number of aryl methyl sites for hydroxylation is 1. The highest BCUT2D eigenvalue weighted by atomic mass is 35.5. The largest absolute Gasteiger partial charge is 0.504 e. The molecular weight excluding hydrogens is 1460 g/mol. The van der Waals surface area contributed by atoms with E-state index in [2.05, 4.69) is 188 Å². The topological polar surface area (TPSA) is 279 Å². The van der Waals surface area contributed by atoms with Gasteiger partial charge in [-0.3, -0.25) is 39.5 Å². The third-order valence-corrected chi connectivity index (χ3v) is 19.6. The summed E-state index contributed by atoms with van der Waals surface area (Å²) < 4.78 is 12.5. The van der Waals surface area contributed by atoms with Gasteiger partial charge in [0.25, 0.3) is 17.7 Å². The number of fused-ring (bicyclic) bond motifs is 1. The number of ether oxygens (including phenoxy) is 2. The number of hydrogen-bond acceptors (Lipinski definition) is 15. The molecule has 2 unspecified atom stereocenters. The minimum atomic E-state index is -0.752. The number of nitrogens with one attached hydrogen (secondary N) is 1. The summed E-state index contributed by atoms with van der Waals surface area (Å²) in [6.45, 7) is 39.7. The van der Waals surface area contributed by atoms with Crippen LogP contribution in [0.5, 0.6) is 23.0 Å². The van der Waals surface area contributed by atoms with Gasteiger partial charge in [0, 0.05) is 75.1 Å². The first-order chi connectivity index (χ1) is 53.9.